The van der Waals surface area contributed by atoms with Crippen molar-refractivity contribution in [3.8, 4) is 11.5 Å². The first-order chi connectivity index (χ1) is 15.9. The van der Waals surface area contributed by atoms with Crippen LogP contribution in [0.1, 0.15) is 41.6 Å². The number of nitrogens with one attached hydrogen (secondary N) is 1. The number of benzene rings is 2. The zero-order valence-electron chi connectivity index (χ0n) is 19.0. The predicted octanol–water partition coefficient (Wildman–Crippen LogP) is 2.97. The molecule has 1 amide bonds. The van der Waals surface area contributed by atoms with E-state index in [1.165, 1.54) is 12.1 Å². The van der Waals surface area contributed by atoms with Gasteiger partial charge in [-0.05, 0) is 62.1 Å². The summed E-state index contributed by atoms with van der Waals surface area (Å²) in [7, 11) is -0.569. The van der Waals surface area contributed by atoms with Gasteiger partial charge in [0.15, 0.2) is 0 Å². The van der Waals surface area contributed by atoms with Gasteiger partial charge in [0.1, 0.15) is 11.5 Å². The lowest BCUT2D eigenvalue weighted by Crippen LogP contribution is -2.34. The van der Waals surface area contributed by atoms with Crippen molar-refractivity contribution in [3.63, 3.8) is 0 Å². The van der Waals surface area contributed by atoms with E-state index >= 15 is 0 Å². The van der Waals surface area contributed by atoms with Gasteiger partial charge >= 0.3 is 0 Å². The molecule has 33 heavy (non-hydrogen) atoms. The summed E-state index contributed by atoms with van der Waals surface area (Å²) < 4.78 is 44.5. The van der Waals surface area contributed by atoms with Crippen LogP contribution in [0.4, 0.5) is 0 Å². The quantitative estimate of drug-likeness (QED) is 0.569. The van der Waals surface area contributed by atoms with Crippen molar-refractivity contribution >= 4 is 15.9 Å². The molecule has 9 heteroatoms. The second-order valence-corrected chi connectivity index (χ2v) is 10.1. The minimum atomic E-state index is -3.75. The van der Waals surface area contributed by atoms with E-state index in [1.807, 2.05) is 18.2 Å². The monoisotopic (exact) mass is 474 g/mol. The highest BCUT2D eigenvalue weighted by atomic mass is 32.2. The van der Waals surface area contributed by atoms with Crippen molar-refractivity contribution in [2.75, 3.05) is 27.4 Å². The second kappa shape index (κ2) is 10.1. The molecule has 1 atom stereocenters. The third kappa shape index (κ3) is 5.66. The first-order valence-electron chi connectivity index (χ1n) is 11.1. The van der Waals surface area contributed by atoms with Crippen molar-refractivity contribution in [3.05, 3.63) is 53.6 Å². The van der Waals surface area contributed by atoms with Crippen LogP contribution in [0.15, 0.2) is 47.4 Å². The van der Waals surface area contributed by atoms with E-state index in [-0.39, 0.29) is 29.5 Å². The highest BCUT2D eigenvalue weighted by Crippen LogP contribution is 2.33. The first-order valence-corrected chi connectivity index (χ1v) is 12.6. The summed E-state index contributed by atoms with van der Waals surface area (Å²) >= 11 is 0. The van der Waals surface area contributed by atoms with Crippen molar-refractivity contribution in [1.29, 1.82) is 0 Å². The molecule has 0 radical (unpaired) electrons. The molecule has 1 saturated heterocycles. The molecule has 0 bridgehead atoms. The molecule has 1 saturated carbocycles. The maximum Gasteiger partial charge on any atom is 0.254 e. The second-order valence-electron chi connectivity index (χ2n) is 8.36. The number of ether oxygens (including phenoxy) is 3. The molecule has 2 aromatic carbocycles. The summed E-state index contributed by atoms with van der Waals surface area (Å²) in [6.45, 7) is 1.23. The zero-order valence-corrected chi connectivity index (χ0v) is 19.8. The van der Waals surface area contributed by atoms with Gasteiger partial charge < -0.3 is 19.1 Å². The Morgan fingerprint density at radius 3 is 2.61 bits per heavy atom. The highest BCUT2D eigenvalue weighted by Gasteiger charge is 2.34. The molecule has 2 aromatic rings. The lowest BCUT2D eigenvalue weighted by Gasteiger charge is -2.24. The molecule has 1 aliphatic heterocycles. The Kier molecular flexibility index (Phi) is 7.21. The molecular formula is C24H30N2O6S. The summed E-state index contributed by atoms with van der Waals surface area (Å²) in [5.74, 6) is 1.14. The highest BCUT2D eigenvalue weighted by molar-refractivity contribution is 7.89. The molecule has 2 fully saturated rings. The minimum absolute atomic E-state index is 0.0704. The van der Waals surface area contributed by atoms with Gasteiger partial charge in [0, 0.05) is 30.3 Å². The van der Waals surface area contributed by atoms with Crippen LogP contribution in [0.3, 0.4) is 0 Å². The fourth-order valence-corrected chi connectivity index (χ4v) is 5.11. The number of sulfonamides is 1. The van der Waals surface area contributed by atoms with Gasteiger partial charge in [-0.2, -0.15) is 0 Å². The molecule has 0 spiro atoms. The Morgan fingerprint density at radius 2 is 1.94 bits per heavy atom. The molecule has 1 heterocycles. The molecule has 1 unspecified atom stereocenters. The van der Waals surface area contributed by atoms with Crippen LogP contribution in [0.5, 0.6) is 11.5 Å². The zero-order chi connectivity index (χ0) is 23.4. The Labute approximate surface area is 194 Å². The largest absolute Gasteiger partial charge is 0.497 e. The Morgan fingerprint density at radius 1 is 1.12 bits per heavy atom. The Balaban J connectivity index is 1.53. The van der Waals surface area contributed by atoms with Gasteiger partial charge in [-0.1, -0.05) is 6.07 Å². The number of carbonyl (C=O) groups is 1. The fourth-order valence-electron chi connectivity index (χ4n) is 4.00. The van der Waals surface area contributed by atoms with Crippen molar-refractivity contribution in [2.45, 2.75) is 49.3 Å². The molecule has 0 aromatic heterocycles. The molecule has 1 aliphatic carbocycles. The van der Waals surface area contributed by atoms with Gasteiger partial charge in [0.05, 0.1) is 31.8 Å². The number of hydrogen-bond donors (Lipinski definition) is 1. The van der Waals surface area contributed by atoms with E-state index < -0.39 is 10.0 Å². The lowest BCUT2D eigenvalue weighted by atomic mass is 10.1. The number of rotatable bonds is 10. The summed E-state index contributed by atoms with van der Waals surface area (Å²) in [5, 5.41) is 0. The molecule has 4 rings (SSSR count). The first kappa shape index (κ1) is 23.5. The van der Waals surface area contributed by atoms with E-state index in [9.17, 15) is 13.2 Å². The number of amides is 1. The topological polar surface area (TPSA) is 94.2 Å². The summed E-state index contributed by atoms with van der Waals surface area (Å²) in [5.41, 5.74) is 1.17. The van der Waals surface area contributed by atoms with Gasteiger partial charge in [-0.15, -0.1) is 0 Å². The van der Waals surface area contributed by atoms with Crippen molar-refractivity contribution < 1.29 is 27.4 Å². The fraction of sp³-hybridized carbons (Fsp3) is 0.458. The van der Waals surface area contributed by atoms with E-state index in [1.54, 1.807) is 31.3 Å². The molecule has 2 aliphatic rings. The summed E-state index contributed by atoms with van der Waals surface area (Å²) in [6, 6.07) is 11.8. The number of methoxy groups -OCH3 is 2. The van der Waals surface area contributed by atoms with Crippen LogP contribution in [0.2, 0.25) is 0 Å². The third-order valence-corrected chi connectivity index (χ3v) is 7.41. The number of hydrogen-bond acceptors (Lipinski definition) is 6. The lowest BCUT2D eigenvalue weighted by molar-refractivity contribution is 0.0728. The minimum Gasteiger partial charge on any atom is -0.497 e. The van der Waals surface area contributed by atoms with Crippen LogP contribution >= 0.6 is 0 Å². The van der Waals surface area contributed by atoms with E-state index in [0.717, 1.165) is 31.2 Å². The van der Waals surface area contributed by atoms with Crippen LogP contribution in [0, 0.1) is 0 Å². The predicted molar refractivity (Wildman–Crippen MR) is 123 cm³/mol. The summed E-state index contributed by atoms with van der Waals surface area (Å²) in [6.07, 6.45) is 3.50. The normalized spacial score (nSPS) is 18.2. The molecule has 8 nitrogen and oxygen atoms in total. The SMILES string of the molecule is COc1ccc(OC)c(CN(C(=O)c2cccc(S(=O)(=O)NCC3CCCO3)c2)C2CC2)c1. The van der Waals surface area contributed by atoms with Crippen LogP contribution in [-0.4, -0.2) is 58.7 Å². The standard InChI is InChI=1S/C24H30N2O6S/c1-30-20-10-11-23(31-2)18(13-20)16-26(19-8-9-19)24(27)17-5-3-7-22(14-17)33(28,29)25-15-21-6-4-12-32-21/h3,5,7,10-11,13-14,19,21,25H,4,6,8-9,12,15-16H2,1-2H3. The average molecular weight is 475 g/mol. The van der Waals surface area contributed by atoms with Gasteiger partial charge in [-0.3, -0.25) is 4.79 Å². The average Bonchev–Trinajstić information content (AvgIpc) is 3.54. The van der Waals surface area contributed by atoms with E-state index in [4.69, 9.17) is 14.2 Å². The van der Waals surface area contributed by atoms with Crippen LogP contribution < -0.4 is 14.2 Å². The molecule has 1 N–H and O–H groups in total. The maximum absolute atomic E-state index is 13.4. The van der Waals surface area contributed by atoms with Crippen molar-refractivity contribution in [1.82, 2.24) is 9.62 Å². The number of carbonyl (C=O) groups excluding carboxylic acids is 1. The van der Waals surface area contributed by atoms with Gasteiger partial charge in [0.2, 0.25) is 10.0 Å². The van der Waals surface area contributed by atoms with Crippen LogP contribution in [0.25, 0.3) is 0 Å². The maximum atomic E-state index is 13.4. The van der Waals surface area contributed by atoms with E-state index in [0.29, 0.717) is 30.2 Å². The van der Waals surface area contributed by atoms with E-state index in [2.05, 4.69) is 4.72 Å². The molecule has 178 valence electrons. The smallest absolute Gasteiger partial charge is 0.254 e. The Hall–Kier alpha value is -2.62. The van der Waals surface area contributed by atoms with Gasteiger partial charge in [0.25, 0.3) is 5.91 Å². The summed E-state index contributed by atoms with van der Waals surface area (Å²) in [4.78, 5) is 15.3. The third-order valence-electron chi connectivity index (χ3n) is 5.99. The van der Waals surface area contributed by atoms with Crippen LogP contribution in [-0.2, 0) is 21.3 Å². The Bertz CT molecular complexity index is 1090. The molecular weight excluding hydrogens is 444 g/mol. The van der Waals surface area contributed by atoms with Crippen molar-refractivity contribution in [2.24, 2.45) is 0 Å². The van der Waals surface area contributed by atoms with Gasteiger partial charge in [-0.25, -0.2) is 13.1 Å². The number of nitrogens with zero attached hydrogens (tertiary/aromatic N) is 1.